The van der Waals surface area contributed by atoms with Crippen LogP contribution in [0.25, 0.3) is 5.65 Å². The molecule has 0 aliphatic carbocycles. The van der Waals surface area contributed by atoms with Crippen LogP contribution < -0.4 is 0 Å². The summed E-state index contributed by atoms with van der Waals surface area (Å²) in [6.07, 6.45) is 3.19. The smallest absolute Gasteiger partial charge is 0.258 e. The van der Waals surface area contributed by atoms with E-state index in [4.69, 9.17) is 0 Å². The van der Waals surface area contributed by atoms with Crippen LogP contribution in [-0.2, 0) is 0 Å². The van der Waals surface area contributed by atoms with E-state index in [-0.39, 0.29) is 11.5 Å². The van der Waals surface area contributed by atoms with Crippen LogP contribution in [0.4, 0.5) is 8.78 Å². The average Bonchev–Trinajstić information content (AvgIpc) is 3.23. The number of hydrogen-bond donors (Lipinski definition) is 0. The maximum atomic E-state index is 14.2. The topological polar surface area (TPSA) is 37.6 Å². The molecule has 1 amide bonds. The number of aryl methyl sites for hydroxylation is 2. The van der Waals surface area contributed by atoms with Gasteiger partial charge in [0.25, 0.3) is 5.91 Å². The van der Waals surface area contributed by atoms with Gasteiger partial charge in [0.2, 0.25) is 0 Å². The number of hydrogen-bond acceptors (Lipinski definition) is 2. The second-order valence-corrected chi connectivity index (χ2v) is 6.78. The van der Waals surface area contributed by atoms with Crippen LogP contribution in [0.5, 0.6) is 0 Å². The summed E-state index contributed by atoms with van der Waals surface area (Å²) in [7, 11) is 0. The van der Waals surface area contributed by atoms with Gasteiger partial charge in [0.05, 0.1) is 11.6 Å². The van der Waals surface area contributed by atoms with E-state index in [1.165, 1.54) is 6.07 Å². The number of aromatic nitrogens is 2. The molecule has 1 aliphatic rings. The standard InChI is InChI=1S/C20H19F2N3O/c1-12-10-13(2)24-9-7-15(19(24)23-12)20(26)25-8-3-4-18(25)16-11-14(21)5-6-17(16)22/h5-7,9-11,18H,3-4,8H2,1-2H3. The molecular weight excluding hydrogens is 336 g/mol. The van der Waals surface area contributed by atoms with E-state index < -0.39 is 17.7 Å². The lowest BCUT2D eigenvalue weighted by Crippen LogP contribution is -2.31. The third kappa shape index (κ3) is 2.66. The SMILES string of the molecule is Cc1cc(C)n2ccc(C(=O)N3CCCC3c3cc(F)ccc3F)c2n1. The first kappa shape index (κ1) is 16.7. The summed E-state index contributed by atoms with van der Waals surface area (Å²) in [6, 6.07) is 6.63. The number of carbonyl (C=O) groups is 1. The van der Waals surface area contributed by atoms with Gasteiger partial charge in [-0.25, -0.2) is 13.8 Å². The summed E-state index contributed by atoms with van der Waals surface area (Å²) in [5.74, 6) is -1.18. The molecule has 3 heterocycles. The molecule has 134 valence electrons. The average molecular weight is 355 g/mol. The van der Waals surface area contributed by atoms with Crippen molar-refractivity contribution in [1.82, 2.24) is 14.3 Å². The molecule has 4 nitrogen and oxygen atoms in total. The first-order valence-corrected chi connectivity index (χ1v) is 8.67. The number of carbonyl (C=O) groups excluding carboxylic acids is 1. The minimum absolute atomic E-state index is 0.198. The summed E-state index contributed by atoms with van der Waals surface area (Å²) in [4.78, 5) is 19.3. The Morgan fingerprint density at radius 1 is 1.19 bits per heavy atom. The van der Waals surface area contributed by atoms with E-state index in [0.717, 1.165) is 29.9 Å². The first-order valence-electron chi connectivity index (χ1n) is 8.67. The molecule has 0 saturated carbocycles. The molecule has 3 aromatic rings. The number of likely N-dealkylation sites (tertiary alicyclic amines) is 1. The van der Waals surface area contributed by atoms with Gasteiger partial charge in [0.1, 0.15) is 17.3 Å². The van der Waals surface area contributed by atoms with Gasteiger partial charge in [-0.3, -0.25) is 4.79 Å². The van der Waals surface area contributed by atoms with Crippen molar-refractivity contribution < 1.29 is 13.6 Å². The Kier molecular flexibility index (Phi) is 3.98. The molecule has 0 bridgehead atoms. The Bertz CT molecular complexity index is 1010. The lowest BCUT2D eigenvalue weighted by atomic mass is 10.0. The summed E-state index contributed by atoms with van der Waals surface area (Å²) >= 11 is 0. The largest absolute Gasteiger partial charge is 0.331 e. The Morgan fingerprint density at radius 2 is 2.00 bits per heavy atom. The summed E-state index contributed by atoms with van der Waals surface area (Å²) in [5.41, 5.74) is 3.13. The molecule has 26 heavy (non-hydrogen) atoms. The normalized spacial score (nSPS) is 17.2. The Hall–Kier alpha value is -2.76. The maximum absolute atomic E-state index is 14.2. The molecule has 1 unspecified atom stereocenters. The lowest BCUT2D eigenvalue weighted by molar-refractivity contribution is 0.0735. The predicted octanol–water partition coefficient (Wildman–Crippen LogP) is 4.21. The number of nitrogens with zero attached hydrogens (tertiary/aromatic N) is 3. The van der Waals surface area contributed by atoms with Crippen molar-refractivity contribution in [2.24, 2.45) is 0 Å². The molecule has 1 aromatic carbocycles. The Labute approximate surface area is 150 Å². The quantitative estimate of drug-likeness (QED) is 0.691. The van der Waals surface area contributed by atoms with Gasteiger partial charge in [0.15, 0.2) is 0 Å². The van der Waals surface area contributed by atoms with Crippen LogP contribution in [0.2, 0.25) is 0 Å². The number of benzene rings is 1. The zero-order valence-electron chi connectivity index (χ0n) is 14.7. The fourth-order valence-electron chi connectivity index (χ4n) is 3.82. The van der Waals surface area contributed by atoms with Crippen molar-refractivity contribution in [3.8, 4) is 0 Å². The number of fused-ring (bicyclic) bond motifs is 1. The zero-order valence-corrected chi connectivity index (χ0v) is 14.7. The summed E-state index contributed by atoms with van der Waals surface area (Å²) in [5, 5.41) is 0. The molecule has 6 heteroatoms. The molecule has 1 saturated heterocycles. The van der Waals surface area contributed by atoms with E-state index in [1.807, 2.05) is 30.5 Å². The monoisotopic (exact) mass is 355 g/mol. The van der Waals surface area contributed by atoms with Crippen molar-refractivity contribution in [1.29, 1.82) is 0 Å². The predicted molar refractivity (Wildman–Crippen MR) is 94.0 cm³/mol. The molecule has 4 rings (SSSR count). The highest BCUT2D eigenvalue weighted by atomic mass is 19.1. The second-order valence-electron chi connectivity index (χ2n) is 6.78. The molecular formula is C20H19F2N3O. The fraction of sp³-hybridized carbons (Fsp3) is 0.300. The molecule has 0 N–H and O–H groups in total. The molecule has 1 fully saturated rings. The fourth-order valence-corrected chi connectivity index (χ4v) is 3.82. The van der Waals surface area contributed by atoms with Gasteiger partial charge in [-0.2, -0.15) is 0 Å². The van der Waals surface area contributed by atoms with Crippen molar-refractivity contribution in [2.75, 3.05) is 6.54 Å². The van der Waals surface area contributed by atoms with Crippen LogP contribution in [-0.4, -0.2) is 26.7 Å². The van der Waals surface area contributed by atoms with E-state index in [1.54, 1.807) is 11.0 Å². The highest BCUT2D eigenvalue weighted by molar-refractivity contribution is 6.00. The summed E-state index contributed by atoms with van der Waals surface area (Å²) < 4.78 is 29.7. The summed E-state index contributed by atoms with van der Waals surface area (Å²) in [6.45, 7) is 4.35. The zero-order chi connectivity index (χ0) is 18.4. The van der Waals surface area contributed by atoms with Crippen molar-refractivity contribution >= 4 is 11.6 Å². The van der Waals surface area contributed by atoms with Gasteiger partial charge >= 0.3 is 0 Å². The molecule has 0 radical (unpaired) electrons. The van der Waals surface area contributed by atoms with Gasteiger partial charge in [-0.1, -0.05) is 0 Å². The van der Waals surface area contributed by atoms with Crippen molar-refractivity contribution in [2.45, 2.75) is 32.7 Å². The third-order valence-corrected chi connectivity index (χ3v) is 5.00. The highest BCUT2D eigenvalue weighted by Crippen LogP contribution is 2.35. The third-order valence-electron chi connectivity index (χ3n) is 5.00. The van der Waals surface area contributed by atoms with Gasteiger partial charge in [0, 0.05) is 29.7 Å². The van der Waals surface area contributed by atoms with Crippen molar-refractivity contribution in [3.63, 3.8) is 0 Å². The number of rotatable bonds is 2. The number of halogens is 2. The van der Waals surface area contributed by atoms with Crippen LogP contribution in [0.15, 0.2) is 36.5 Å². The minimum atomic E-state index is -0.497. The second kappa shape index (κ2) is 6.20. The van der Waals surface area contributed by atoms with E-state index >= 15 is 0 Å². The maximum Gasteiger partial charge on any atom is 0.258 e. The van der Waals surface area contributed by atoms with Gasteiger partial charge < -0.3 is 9.30 Å². The van der Waals surface area contributed by atoms with Gasteiger partial charge in [-0.05, 0) is 57.0 Å². The van der Waals surface area contributed by atoms with Crippen LogP contribution in [0.1, 0.15) is 46.2 Å². The number of amides is 1. The van der Waals surface area contributed by atoms with Crippen molar-refractivity contribution in [3.05, 3.63) is 70.7 Å². The first-order chi connectivity index (χ1) is 12.5. The Balaban J connectivity index is 1.75. The molecule has 1 atom stereocenters. The molecule has 1 aliphatic heterocycles. The molecule has 0 spiro atoms. The van der Waals surface area contributed by atoms with Gasteiger partial charge in [-0.15, -0.1) is 0 Å². The van der Waals surface area contributed by atoms with E-state index in [9.17, 15) is 13.6 Å². The van der Waals surface area contributed by atoms with Crippen LogP contribution >= 0.6 is 0 Å². The molecule has 2 aromatic heterocycles. The minimum Gasteiger partial charge on any atom is -0.331 e. The van der Waals surface area contributed by atoms with E-state index in [2.05, 4.69) is 4.98 Å². The van der Waals surface area contributed by atoms with Crippen LogP contribution in [0.3, 0.4) is 0 Å². The van der Waals surface area contributed by atoms with Crippen LogP contribution in [0, 0.1) is 25.5 Å². The van der Waals surface area contributed by atoms with E-state index in [0.29, 0.717) is 24.2 Å². The Morgan fingerprint density at radius 3 is 2.81 bits per heavy atom. The lowest BCUT2D eigenvalue weighted by Gasteiger charge is -2.25. The highest BCUT2D eigenvalue weighted by Gasteiger charge is 2.33.